The van der Waals surface area contributed by atoms with Crippen molar-refractivity contribution in [3.63, 3.8) is 0 Å². The fourth-order valence-electron chi connectivity index (χ4n) is 9.55. The van der Waals surface area contributed by atoms with Gasteiger partial charge in [0.2, 0.25) is 0 Å². The summed E-state index contributed by atoms with van der Waals surface area (Å²) < 4.78 is 2.54. The van der Waals surface area contributed by atoms with Crippen LogP contribution < -0.4 is 0 Å². The first-order valence-electron chi connectivity index (χ1n) is 17.7. The molecule has 3 nitrogen and oxygen atoms in total. The second-order valence-electron chi connectivity index (χ2n) is 14.0. The summed E-state index contributed by atoms with van der Waals surface area (Å²) in [5, 5.41) is 7.69. The average molecular weight is 628 g/mol. The van der Waals surface area contributed by atoms with Crippen LogP contribution in [0.3, 0.4) is 0 Å². The molecular weight excluding hydrogens is 595 g/mol. The first kappa shape index (κ1) is 27.2. The van der Waals surface area contributed by atoms with Gasteiger partial charge in [-0.15, -0.1) is 0 Å². The molecule has 11 rings (SSSR count). The van der Waals surface area contributed by atoms with Crippen molar-refractivity contribution < 1.29 is 0 Å². The van der Waals surface area contributed by atoms with E-state index < -0.39 is 0 Å². The van der Waals surface area contributed by atoms with Gasteiger partial charge in [-0.1, -0.05) is 147 Å². The molecule has 0 atom stereocenters. The number of rotatable bonds is 2. The number of para-hydroxylation sites is 2. The summed E-state index contributed by atoms with van der Waals surface area (Å²) >= 11 is 0. The summed E-state index contributed by atoms with van der Waals surface area (Å²) in [5.41, 5.74) is 12.0. The molecule has 2 aliphatic carbocycles. The van der Waals surface area contributed by atoms with E-state index in [1.807, 2.05) is 0 Å². The Labute approximate surface area is 284 Å². The molecule has 232 valence electrons. The van der Waals surface area contributed by atoms with Crippen LogP contribution in [0.25, 0.3) is 82.6 Å². The lowest BCUT2D eigenvalue weighted by Gasteiger charge is -2.36. The normalized spacial score (nSPS) is 15.1. The third kappa shape index (κ3) is 3.62. The molecule has 9 aromatic rings. The zero-order valence-corrected chi connectivity index (χ0v) is 27.2. The van der Waals surface area contributed by atoms with Crippen LogP contribution in [0.2, 0.25) is 0 Å². The molecule has 2 heterocycles. The van der Waals surface area contributed by atoms with Gasteiger partial charge in [0.25, 0.3) is 0 Å². The van der Waals surface area contributed by atoms with E-state index >= 15 is 0 Å². The first-order valence-corrected chi connectivity index (χ1v) is 17.7. The minimum Gasteiger partial charge on any atom is -0.291 e. The lowest BCUT2D eigenvalue weighted by atomic mass is 9.67. The standard InChI is InChI=1S/C46H33N3/c1-3-16-30(17-4-1)42-45(48-38-24-12-11-23-37(38)47-42)49-43-31-18-6-5-15-29(31)25-26-35(43)40-33-20-8-7-19-32(33)39-34-21-9-10-22-36(34)46(41(39)44(40)49)27-13-2-14-28-46/h1,3-12,15-26H,2,13-14,27-28H2. The molecule has 0 bridgehead atoms. The summed E-state index contributed by atoms with van der Waals surface area (Å²) in [7, 11) is 0. The fraction of sp³-hybridized carbons (Fsp3) is 0.130. The lowest BCUT2D eigenvalue weighted by molar-refractivity contribution is 0.354. The third-order valence-electron chi connectivity index (χ3n) is 11.5. The van der Waals surface area contributed by atoms with Crippen LogP contribution in [0.1, 0.15) is 43.2 Å². The zero-order chi connectivity index (χ0) is 32.1. The van der Waals surface area contributed by atoms with Crippen LogP contribution in [0, 0.1) is 0 Å². The SMILES string of the molecule is c1ccc(-c2nc3ccccc3nc2-n2c3c4c(c5ccccc5c3c3ccc5ccccc5c32)-c2ccccc2C42CCCCC2)cc1. The predicted octanol–water partition coefficient (Wildman–Crippen LogP) is 11.9. The topological polar surface area (TPSA) is 30.7 Å². The van der Waals surface area contributed by atoms with E-state index in [9.17, 15) is 0 Å². The van der Waals surface area contributed by atoms with Crippen LogP contribution in [-0.2, 0) is 5.41 Å². The predicted molar refractivity (Wildman–Crippen MR) is 204 cm³/mol. The molecule has 0 aliphatic heterocycles. The first-order chi connectivity index (χ1) is 24.3. The van der Waals surface area contributed by atoms with Crippen molar-refractivity contribution >= 4 is 54.4 Å². The summed E-state index contributed by atoms with van der Waals surface area (Å²) in [6.07, 6.45) is 6.06. The maximum absolute atomic E-state index is 5.59. The van der Waals surface area contributed by atoms with Crippen molar-refractivity contribution in [3.05, 3.63) is 151 Å². The van der Waals surface area contributed by atoms with Gasteiger partial charge in [-0.05, 0) is 63.4 Å². The Hall–Kier alpha value is -5.80. The molecule has 1 fully saturated rings. The van der Waals surface area contributed by atoms with Gasteiger partial charge in [-0.25, -0.2) is 9.97 Å². The average Bonchev–Trinajstić information content (AvgIpc) is 3.66. The molecule has 2 aliphatic rings. The van der Waals surface area contributed by atoms with Gasteiger partial charge < -0.3 is 0 Å². The number of aromatic nitrogens is 3. The lowest BCUT2D eigenvalue weighted by Crippen LogP contribution is -2.28. The van der Waals surface area contributed by atoms with Crippen LogP contribution in [0.15, 0.2) is 140 Å². The highest BCUT2D eigenvalue weighted by Gasteiger charge is 2.47. The second-order valence-corrected chi connectivity index (χ2v) is 14.0. The van der Waals surface area contributed by atoms with Crippen LogP contribution in [-0.4, -0.2) is 14.5 Å². The minimum absolute atomic E-state index is 0.0639. The van der Waals surface area contributed by atoms with Crippen molar-refractivity contribution in [2.75, 3.05) is 0 Å². The minimum atomic E-state index is -0.0639. The highest BCUT2D eigenvalue weighted by molar-refractivity contribution is 6.30. The van der Waals surface area contributed by atoms with E-state index in [2.05, 4.69) is 144 Å². The quantitative estimate of drug-likeness (QED) is 0.191. The van der Waals surface area contributed by atoms with E-state index in [1.54, 1.807) is 0 Å². The summed E-state index contributed by atoms with van der Waals surface area (Å²) in [6.45, 7) is 0. The monoisotopic (exact) mass is 627 g/mol. The highest BCUT2D eigenvalue weighted by Crippen LogP contribution is 2.61. The fourth-order valence-corrected chi connectivity index (χ4v) is 9.55. The van der Waals surface area contributed by atoms with Crippen molar-refractivity contribution in [2.24, 2.45) is 0 Å². The Morgan fingerprint density at radius 2 is 1.18 bits per heavy atom. The van der Waals surface area contributed by atoms with Crippen LogP contribution >= 0.6 is 0 Å². The Kier molecular flexibility index (Phi) is 5.60. The van der Waals surface area contributed by atoms with E-state index in [-0.39, 0.29) is 5.41 Å². The summed E-state index contributed by atoms with van der Waals surface area (Å²) in [6, 6.07) is 50.9. The van der Waals surface area contributed by atoms with Crippen LogP contribution in [0.5, 0.6) is 0 Å². The second kappa shape index (κ2) is 10.1. The Balaban J connectivity index is 1.45. The van der Waals surface area contributed by atoms with E-state index in [0.29, 0.717) is 0 Å². The molecule has 0 unspecified atom stereocenters. The molecule has 0 radical (unpaired) electrons. The van der Waals surface area contributed by atoms with Crippen LogP contribution in [0.4, 0.5) is 0 Å². The van der Waals surface area contributed by atoms with Gasteiger partial charge >= 0.3 is 0 Å². The smallest absolute Gasteiger partial charge is 0.165 e. The molecule has 49 heavy (non-hydrogen) atoms. The van der Waals surface area contributed by atoms with E-state index in [0.717, 1.165) is 41.0 Å². The molecule has 0 amide bonds. The molecular formula is C46H33N3. The van der Waals surface area contributed by atoms with Crippen molar-refractivity contribution in [1.82, 2.24) is 14.5 Å². The molecule has 7 aromatic carbocycles. The number of hydrogen-bond acceptors (Lipinski definition) is 2. The number of hydrogen-bond donors (Lipinski definition) is 0. The highest BCUT2D eigenvalue weighted by atomic mass is 15.1. The van der Waals surface area contributed by atoms with Gasteiger partial charge in [0, 0.05) is 27.1 Å². The molecule has 3 heteroatoms. The number of fused-ring (bicyclic) bond motifs is 15. The zero-order valence-electron chi connectivity index (χ0n) is 27.2. The van der Waals surface area contributed by atoms with Gasteiger partial charge in [0.15, 0.2) is 5.82 Å². The van der Waals surface area contributed by atoms with E-state index in [4.69, 9.17) is 9.97 Å². The Bertz CT molecular complexity index is 2800. The van der Waals surface area contributed by atoms with Gasteiger partial charge in [0.1, 0.15) is 5.69 Å². The number of nitrogens with zero attached hydrogens (tertiary/aromatic N) is 3. The molecule has 1 saturated carbocycles. The molecule has 0 saturated heterocycles. The summed E-state index contributed by atoms with van der Waals surface area (Å²) in [5.74, 6) is 0.889. The Morgan fingerprint density at radius 3 is 2.02 bits per heavy atom. The van der Waals surface area contributed by atoms with Gasteiger partial charge in [0.05, 0.1) is 22.1 Å². The van der Waals surface area contributed by atoms with Gasteiger partial charge in [-0.3, -0.25) is 4.57 Å². The third-order valence-corrected chi connectivity index (χ3v) is 11.5. The van der Waals surface area contributed by atoms with E-state index in [1.165, 1.54) is 84.9 Å². The van der Waals surface area contributed by atoms with Crippen molar-refractivity contribution in [2.45, 2.75) is 37.5 Å². The number of benzene rings is 7. The van der Waals surface area contributed by atoms with Gasteiger partial charge in [-0.2, -0.15) is 0 Å². The maximum Gasteiger partial charge on any atom is 0.165 e. The summed E-state index contributed by atoms with van der Waals surface area (Å²) in [4.78, 5) is 11.0. The molecule has 2 aromatic heterocycles. The Morgan fingerprint density at radius 1 is 0.510 bits per heavy atom. The maximum atomic E-state index is 5.59. The molecule has 0 N–H and O–H groups in total. The molecule has 1 spiro atoms. The van der Waals surface area contributed by atoms with Crippen molar-refractivity contribution in [3.8, 4) is 28.2 Å². The van der Waals surface area contributed by atoms with Crippen molar-refractivity contribution in [1.29, 1.82) is 0 Å². The largest absolute Gasteiger partial charge is 0.291 e.